The predicted octanol–water partition coefficient (Wildman–Crippen LogP) is 2.01. The topological polar surface area (TPSA) is 96.0 Å². The van der Waals surface area contributed by atoms with Crippen LogP contribution in [0.5, 0.6) is 0 Å². The Morgan fingerprint density at radius 2 is 2.21 bits per heavy atom. The van der Waals surface area contributed by atoms with Gasteiger partial charge < -0.3 is 5.32 Å². The van der Waals surface area contributed by atoms with Crippen molar-refractivity contribution in [1.29, 1.82) is 5.26 Å². The van der Waals surface area contributed by atoms with Gasteiger partial charge in [0.2, 0.25) is 0 Å². The Balaban J connectivity index is 2.97. The Morgan fingerprint density at radius 1 is 1.58 bits per heavy atom. The van der Waals surface area contributed by atoms with E-state index in [0.717, 1.165) is 18.2 Å². The fourth-order valence-electron chi connectivity index (χ4n) is 1.29. The minimum atomic E-state index is -0.808. The van der Waals surface area contributed by atoms with Crippen LogP contribution in [0.25, 0.3) is 0 Å². The number of nitrogens with zero attached hydrogens (tertiary/aromatic N) is 2. The van der Waals surface area contributed by atoms with Crippen molar-refractivity contribution in [2.24, 2.45) is 5.41 Å². The minimum Gasteiger partial charge on any atom is -0.350 e. The molecule has 0 aliphatic rings. The first kappa shape index (κ1) is 14.6. The Labute approximate surface area is 109 Å². The number of carbonyl (C=O) groups is 1. The zero-order valence-corrected chi connectivity index (χ0v) is 10.4. The summed E-state index contributed by atoms with van der Waals surface area (Å²) >= 11 is 0. The highest BCUT2D eigenvalue weighted by atomic mass is 19.1. The molecule has 0 atom stereocenters. The van der Waals surface area contributed by atoms with Gasteiger partial charge in [0.05, 0.1) is 16.4 Å². The molecule has 0 bridgehead atoms. The van der Waals surface area contributed by atoms with Gasteiger partial charge in [-0.2, -0.15) is 5.26 Å². The van der Waals surface area contributed by atoms with E-state index in [-0.39, 0.29) is 12.1 Å². The van der Waals surface area contributed by atoms with Crippen molar-refractivity contribution < 1.29 is 14.1 Å². The maximum Gasteiger partial charge on any atom is 0.282 e. The van der Waals surface area contributed by atoms with Crippen LogP contribution >= 0.6 is 0 Å². The van der Waals surface area contributed by atoms with E-state index in [1.54, 1.807) is 13.8 Å². The Bertz CT molecular complexity index is 564. The third-order valence-corrected chi connectivity index (χ3v) is 2.39. The molecule has 100 valence electrons. The molecule has 6 nitrogen and oxygen atoms in total. The molecule has 0 saturated heterocycles. The van der Waals surface area contributed by atoms with Crippen molar-refractivity contribution in [1.82, 2.24) is 5.32 Å². The van der Waals surface area contributed by atoms with Crippen LogP contribution in [0.4, 0.5) is 10.1 Å². The van der Waals surface area contributed by atoms with Gasteiger partial charge in [0.25, 0.3) is 11.6 Å². The van der Waals surface area contributed by atoms with Crippen LogP contribution in [0.2, 0.25) is 0 Å². The van der Waals surface area contributed by atoms with Gasteiger partial charge >= 0.3 is 0 Å². The van der Waals surface area contributed by atoms with Gasteiger partial charge in [-0.25, -0.2) is 4.39 Å². The van der Waals surface area contributed by atoms with Crippen molar-refractivity contribution >= 4 is 11.6 Å². The van der Waals surface area contributed by atoms with Gasteiger partial charge in [-0.3, -0.25) is 14.9 Å². The second-order valence-electron chi connectivity index (χ2n) is 4.60. The SMILES string of the molecule is CC(C)(C#N)CNC(=O)c1cc(F)ccc1[N+](=O)[O-]. The van der Waals surface area contributed by atoms with Crippen LogP contribution in [0.3, 0.4) is 0 Å². The summed E-state index contributed by atoms with van der Waals surface area (Å²) in [5.74, 6) is -1.52. The zero-order valence-electron chi connectivity index (χ0n) is 10.4. The standard InChI is InChI=1S/C12H12FN3O3/c1-12(2,6-14)7-15-11(17)9-5-8(13)3-4-10(9)16(18)19/h3-5H,7H2,1-2H3,(H,15,17). The average Bonchev–Trinajstić information content (AvgIpc) is 2.35. The molecule has 1 rings (SSSR count). The minimum absolute atomic E-state index is 0.00992. The van der Waals surface area contributed by atoms with Crippen LogP contribution in [0, 0.1) is 32.7 Å². The van der Waals surface area contributed by atoms with Gasteiger partial charge in [-0.05, 0) is 26.0 Å². The lowest BCUT2D eigenvalue weighted by Crippen LogP contribution is -2.33. The number of rotatable bonds is 4. The molecule has 1 N–H and O–H groups in total. The normalized spacial score (nSPS) is 10.6. The number of hydrogen-bond acceptors (Lipinski definition) is 4. The van der Waals surface area contributed by atoms with Crippen LogP contribution in [-0.2, 0) is 0 Å². The summed E-state index contributed by atoms with van der Waals surface area (Å²) in [6.07, 6.45) is 0. The fraction of sp³-hybridized carbons (Fsp3) is 0.333. The van der Waals surface area contributed by atoms with Crippen LogP contribution in [0.1, 0.15) is 24.2 Å². The highest BCUT2D eigenvalue weighted by Gasteiger charge is 2.23. The first-order valence-corrected chi connectivity index (χ1v) is 5.40. The molecule has 1 aromatic rings. The monoisotopic (exact) mass is 265 g/mol. The highest BCUT2D eigenvalue weighted by molar-refractivity contribution is 5.98. The second kappa shape index (κ2) is 5.44. The lowest BCUT2D eigenvalue weighted by Gasteiger charge is -2.15. The van der Waals surface area contributed by atoms with E-state index in [4.69, 9.17) is 5.26 Å². The number of hydrogen-bond donors (Lipinski definition) is 1. The Kier molecular flexibility index (Phi) is 4.17. The van der Waals surface area contributed by atoms with E-state index < -0.39 is 27.8 Å². The van der Waals surface area contributed by atoms with Gasteiger partial charge in [0, 0.05) is 12.6 Å². The van der Waals surface area contributed by atoms with E-state index in [1.165, 1.54) is 0 Å². The van der Waals surface area contributed by atoms with Crippen molar-refractivity contribution in [3.05, 3.63) is 39.7 Å². The summed E-state index contributed by atoms with van der Waals surface area (Å²) in [4.78, 5) is 21.8. The number of nitriles is 1. The molecule has 0 unspecified atom stereocenters. The third-order valence-electron chi connectivity index (χ3n) is 2.39. The molecule has 0 aliphatic heterocycles. The van der Waals surface area contributed by atoms with Crippen LogP contribution in [0.15, 0.2) is 18.2 Å². The lowest BCUT2D eigenvalue weighted by molar-refractivity contribution is -0.385. The van der Waals surface area contributed by atoms with Crippen LogP contribution in [-0.4, -0.2) is 17.4 Å². The summed E-state index contributed by atoms with van der Waals surface area (Å²) in [5, 5.41) is 21.9. The van der Waals surface area contributed by atoms with Crippen LogP contribution < -0.4 is 5.32 Å². The largest absolute Gasteiger partial charge is 0.350 e. The summed E-state index contributed by atoms with van der Waals surface area (Å²) in [6, 6.07) is 4.61. The molecule has 0 aromatic heterocycles. The molecule has 1 amide bonds. The molecule has 0 fully saturated rings. The average molecular weight is 265 g/mol. The van der Waals surface area contributed by atoms with Gasteiger partial charge in [0.1, 0.15) is 11.4 Å². The van der Waals surface area contributed by atoms with E-state index in [9.17, 15) is 19.3 Å². The molecule has 0 radical (unpaired) electrons. The van der Waals surface area contributed by atoms with E-state index in [1.807, 2.05) is 6.07 Å². The Morgan fingerprint density at radius 3 is 2.74 bits per heavy atom. The summed E-state index contributed by atoms with van der Waals surface area (Å²) in [5.41, 5.74) is -1.65. The summed E-state index contributed by atoms with van der Waals surface area (Å²) < 4.78 is 13.1. The number of amides is 1. The lowest BCUT2D eigenvalue weighted by atomic mass is 9.96. The number of nitro benzene ring substituents is 1. The second-order valence-corrected chi connectivity index (χ2v) is 4.60. The maximum atomic E-state index is 13.1. The first-order valence-electron chi connectivity index (χ1n) is 5.40. The summed E-state index contributed by atoms with van der Waals surface area (Å²) in [6.45, 7) is 3.22. The number of halogens is 1. The van der Waals surface area contributed by atoms with Gasteiger partial charge in [-0.15, -0.1) is 0 Å². The predicted molar refractivity (Wildman–Crippen MR) is 64.8 cm³/mol. The third kappa shape index (κ3) is 3.74. The zero-order chi connectivity index (χ0) is 14.6. The first-order chi connectivity index (χ1) is 8.76. The molecule has 19 heavy (non-hydrogen) atoms. The quantitative estimate of drug-likeness (QED) is 0.665. The highest BCUT2D eigenvalue weighted by Crippen LogP contribution is 2.20. The van der Waals surface area contributed by atoms with Crippen molar-refractivity contribution in [3.63, 3.8) is 0 Å². The molecule has 7 heteroatoms. The van der Waals surface area contributed by atoms with Crippen molar-refractivity contribution in [2.45, 2.75) is 13.8 Å². The fourth-order valence-corrected chi connectivity index (χ4v) is 1.29. The van der Waals surface area contributed by atoms with Crippen molar-refractivity contribution in [3.8, 4) is 6.07 Å². The number of benzene rings is 1. The molecular weight excluding hydrogens is 253 g/mol. The van der Waals surface area contributed by atoms with E-state index >= 15 is 0 Å². The number of nitrogens with one attached hydrogen (secondary N) is 1. The smallest absolute Gasteiger partial charge is 0.282 e. The Hall–Kier alpha value is -2.49. The molecular formula is C12H12FN3O3. The number of carbonyl (C=O) groups excluding carboxylic acids is 1. The van der Waals surface area contributed by atoms with E-state index in [2.05, 4.69) is 5.32 Å². The molecule has 0 saturated carbocycles. The maximum absolute atomic E-state index is 13.1. The summed E-state index contributed by atoms with van der Waals surface area (Å²) in [7, 11) is 0. The molecule has 1 aromatic carbocycles. The van der Waals surface area contributed by atoms with E-state index in [0.29, 0.717) is 0 Å². The van der Waals surface area contributed by atoms with Crippen molar-refractivity contribution in [2.75, 3.05) is 6.54 Å². The molecule has 0 spiro atoms. The van der Waals surface area contributed by atoms with Gasteiger partial charge in [0.15, 0.2) is 0 Å². The molecule has 0 aliphatic carbocycles. The van der Waals surface area contributed by atoms with Gasteiger partial charge in [-0.1, -0.05) is 0 Å². The number of nitro groups is 1. The molecule has 0 heterocycles.